The van der Waals surface area contributed by atoms with Crippen LogP contribution in [0.25, 0.3) is 0 Å². The Kier molecular flexibility index (Phi) is 10.5. The van der Waals surface area contributed by atoms with Crippen molar-refractivity contribution in [2.45, 2.75) is 31.8 Å². The van der Waals surface area contributed by atoms with Crippen LogP contribution in [0.1, 0.15) is 31.4 Å². The molecule has 2 atom stereocenters. The van der Waals surface area contributed by atoms with E-state index in [0.717, 1.165) is 70.8 Å². The summed E-state index contributed by atoms with van der Waals surface area (Å²) in [5, 5.41) is 7.02. The van der Waals surface area contributed by atoms with Gasteiger partial charge in [-0.05, 0) is 44.0 Å². The first-order valence-electron chi connectivity index (χ1n) is 12.0. The molecule has 2 aliphatic rings. The lowest BCUT2D eigenvalue weighted by molar-refractivity contribution is 0.0179. The van der Waals surface area contributed by atoms with Gasteiger partial charge in [0.2, 0.25) is 0 Å². The Labute approximate surface area is 193 Å². The largest absolute Gasteiger partial charge is 0.497 e. The predicted octanol–water partition coefficient (Wildman–Crippen LogP) is 1.73. The second-order valence-corrected chi connectivity index (χ2v) is 8.36. The predicted molar refractivity (Wildman–Crippen MR) is 129 cm³/mol. The molecule has 0 spiro atoms. The van der Waals surface area contributed by atoms with Gasteiger partial charge in [0.25, 0.3) is 0 Å². The number of aliphatic imine (C=N–C) groups is 1. The number of morpholine rings is 1. The highest BCUT2D eigenvalue weighted by molar-refractivity contribution is 5.79. The van der Waals surface area contributed by atoms with Crippen molar-refractivity contribution >= 4 is 5.96 Å². The summed E-state index contributed by atoms with van der Waals surface area (Å²) >= 11 is 0. The molecule has 3 rings (SSSR count). The molecule has 0 bridgehead atoms. The molecule has 2 aliphatic heterocycles. The fourth-order valence-electron chi connectivity index (χ4n) is 4.51. The molecular formula is C24H41N5O3. The topological polar surface area (TPSA) is 70.6 Å². The molecule has 8 nitrogen and oxygen atoms in total. The van der Waals surface area contributed by atoms with Gasteiger partial charge in [-0.15, -0.1) is 0 Å². The van der Waals surface area contributed by atoms with Gasteiger partial charge in [-0.25, -0.2) is 0 Å². The molecule has 2 N–H and O–H groups in total. The number of methoxy groups -OCH3 is 2. The SMILES string of the molecule is CCNC(=NCC(c1ccc(OC)cc1)N1CCOCC1)NCC1CCCN1CCOC. The maximum Gasteiger partial charge on any atom is 0.191 e. The first-order chi connectivity index (χ1) is 15.7. The molecule has 0 aromatic heterocycles. The Hall–Kier alpha value is -1.87. The molecule has 1 aromatic rings. The van der Waals surface area contributed by atoms with Gasteiger partial charge in [-0.1, -0.05) is 12.1 Å². The zero-order valence-corrected chi connectivity index (χ0v) is 20.0. The van der Waals surface area contributed by atoms with Crippen molar-refractivity contribution in [3.05, 3.63) is 29.8 Å². The van der Waals surface area contributed by atoms with Gasteiger partial charge in [-0.2, -0.15) is 0 Å². The Balaban J connectivity index is 1.65. The fraction of sp³-hybridized carbons (Fsp3) is 0.708. The lowest BCUT2D eigenvalue weighted by Crippen LogP contribution is -2.46. The van der Waals surface area contributed by atoms with Gasteiger partial charge in [-0.3, -0.25) is 14.8 Å². The molecule has 2 unspecified atom stereocenters. The van der Waals surface area contributed by atoms with E-state index < -0.39 is 0 Å². The molecule has 2 saturated heterocycles. The summed E-state index contributed by atoms with van der Waals surface area (Å²) < 4.78 is 16.2. The van der Waals surface area contributed by atoms with Gasteiger partial charge in [0.05, 0.1) is 39.5 Å². The number of rotatable bonds is 11. The number of hydrogen-bond donors (Lipinski definition) is 2. The Morgan fingerprint density at radius 1 is 1.16 bits per heavy atom. The van der Waals surface area contributed by atoms with Crippen LogP contribution in [-0.4, -0.2) is 102 Å². The number of nitrogens with zero attached hydrogens (tertiary/aromatic N) is 3. The van der Waals surface area contributed by atoms with Crippen LogP contribution in [0.15, 0.2) is 29.3 Å². The third kappa shape index (κ3) is 7.33. The third-order valence-corrected chi connectivity index (χ3v) is 6.34. The standard InChI is InChI=1S/C24H41N5O3/c1-4-25-24(26-18-21-6-5-11-28(21)12-15-30-2)27-19-23(29-13-16-32-17-14-29)20-7-9-22(31-3)10-8-20/h7-10,21,23H,4-6,11-19H2,1-3H3,(H2,25,26,27). The fourth-order valence-corrected chi connectivity index (χ4v) is 4.51. The average molecular weight is 448 g/mol. The highest BCUT2D eigenvalue weighted by Gasteiger charge is 2.25. The molecule has 0 amide bonds. The van der Waals surface area contributed by atoms with Crippen molar-refractivity contribution in [2.24, 2.45) is 4.99 Å². The summed E-state index contributed by atoms with van der Waals surface area (Å²) in [6.07, 6.45) is 2.47. The van der Waals surface area contributed by atoms with Crippen LogP contribution >= 0.6 is 0 Å². The first-order valence-corrected chi connectivity index (χ1v) is 12.0. The minimum atomic E-state index is 0.213. The van der Waals surface area contributed by atoms with E-state index in [1.165, 1.54) is 18.4 Å². The lowest BCUT2D eigenvalue weighted by atomic mass is 10.0. The maximum atomic E-state index is 5.58. The number of ether oxygens (including phenoxy) is 3. The zero-order chi connectivity index (χ0) is 22.6. The van der Waals surface area contributed by atoms with Crippen molar-refractivity contribution in [3.8, 4) is 5.75 Å². The summed E-state index contributed by atoms with van der Waals surface area (Å²) in [4.78, 5) is 9.99. The average Bonchev–Trinajstić information content (AvgIpc) is 3.29. The van der Waals surface area contributed by atoms with E-state index in [-0.39, 0.29) is 6.04 Å². The summed E-state index contributed by atoms with van der Waals surface area (Å²) in [5.74, 6) is 1.76. The van der Waals surface area contributed by atoms with Gasteiger partial charge < -0.3 is 24.8 Å². The quantitative estimate of drug-likeness (QED) is 0.395. The van der Waals surface area contributed by atoms with Crippen LogP contribution < -0.4 is 15.4 Å². The number of nitrogens with one attached hydrogen (secondary N) is 2. The van der Waals surface area contributed by atoms with Crippen molar-refractivity contribution in [2.75, 3.05) is 79.9 Å². The summed E-state index contributed by atoms with van der Waals surface area (Å²) in [5.41, 5.74) is 1.26. The monoisotopic (exact) mass is 447 g/mol. The first kappa shape index (κ1) is 24.8. The van der Waals surface area contributed by atoms with Crippen molar-refractivity contribution in [1.29, 1.82) is 0 Å². The third-order valence-electron chi connectivity index (χ3n) is 6.34. The van der Waals surface area contributed by atoms with Crippen LogP contribution in [0, 0.1) is 0 Å². The second-order valence-electron chi connectivity index (χ2n) is 8.36. The minimum Gasteiger partial charge on any atom is -0.497 e. The van der Waals surface area contributed by atoms with Crippen molar-refractivity contribution in [1.82, 2.24) is 20.4 Å². The van der Waals surface area contributed by atoms with Crippen LogP contribution in [0.5, 0.6) is 5.75 Å². The summed E-state index contributed by atoms with van der Waals surface area (Å²) in [7, 11) is 3.47. The molecule has 2 heterocycles. The van der Waals surface area contributed by atoms with Gasteiger partial charge >= 0.3 is 0 Å². The highest BCUT2D eigenvalue weighted by atomic mass is 16.5. The van der Waals surface area contributed by atoms with E-state index in [1.54, 1.807) is 14.2 Å². The second kappa shape index (κ2) is 13.6. The Morgan fingerprint density at radius 3 is 2.62 bits per heavy atom. The van der Waals surface area contributed by atoms with E-state index in [9.17, 15) is 0 Å². The number of benzene rings is 1. The molecule has 32 heavy (non-hydrogen) atoms. The van der Waals surface area contributed by atoms with E-state index in [4.69, 9.17) is 19.2 Å². The zero-order valence-electron chi connectivity index (χ0n) is 20.0. The lowest BCUT2D eigenvalue weighted by Gasteiger charge is -2.34. The Bertz CT molecular complexity index is 679. The molecule has 8 heteroatoms. The van der Waals surface area contributed by atoms with Crippen molar-refractivity contribution < 1.29 is 14.2 Å². The smallest absolute Gasteiger partial charge is 0.191 e. The van der Waals surface area contributed by atoms with Crippen LogP contribution in [0.2, 0.25) is 0 Å². The van der Waals surface area contributed by atoms with Gasteiger partial charge in [0.15, 0.2) is 5.96 Å². The number of guanidine groups is 1. The number of hydrogen-bond acceptors (Lipinski definition) is 6. The van der Waals surface area contributed by atoms with E-state index in [1.807, 2.05) is 12.1 Å². The molecular weight excluding hydrogens is 406 g/mol. The normalized spacial score (nSPS) is 21.5. The molecule has 0 aliphatic carbocycles. The van der Waals surface area contributed by atoms with Crippen molar-refractivity contribution in [3.63, 3.8) is 0 Å². The van der Waals surface area contributed by atoms with Gasteiger partial charge in [0, 0.05) is 45.9 Å². The van der Waals surface area contributed by atoms with E-state index in [2.05, 4.69) is 39.5 Å². The Morgan fingerprint density at radius 2 is 1.94 bits per heavy atom. The summed E-state index contributed by atoms with van der Waals surface area (Å²) in [6.45, 7) is 10.9. The minimum absolute atomic E-state index is 0.213. The molecule has 0 radical (unpaired) electrons. The summed E-state index contributed by atoms with van der Waals surface area (Å²) in [6, 6.07) is 9.12. The van der Waals surface area contributed by atoms with Gasteiger partial charge in [0.1, 0.15) is 5.75 Å². The molecule has 1 aromatic carbocycles. The van der Waals surface area contributed by atoms with Crippen LogP contribution in [0.4, 0.5) is 0 Å². The molecule has 0 saturated carbocycles. The molecule has 2 fully saturated rings. The van der Waals surface area contributed by atoms with Crippen LogP contribution in [-0.2, 0) is 9.47 Å². The van der Waals surface area contributed by atoms with E-state index >= 15 is 0 Å². The van der Waals surface area contributed by atoms with Crippen LogP contribution in [0.3, 0.4) is 0 Å². The highest BCUT2D eigenvalue weighted by Crippen LogP contribution is 2.24. The maximum absolute atomic E-state index is 5.58. The van der Waals surface area contributed by atoms with E-state index in [0.29, 0.717) is 12.6 Å². The number of likely N-dealkylation sites (tertiary alicyclic amines) is 1. The molecule has 180 valence electrons.